The number of aliphatic hydroxyl groups is 1. The van der Waals surface area contributed by atoms with E-state index in [-0.39, 0.29) is 0 Å². The lowest BCUT2D eigenvalue weighted by atomic mass is 10.2. The number of aliphatic hydroxyl groups excluding tert-OH is 1. The van der Waals surface area contributed by atoms with Crippen LogP contribution in [-0.4, -0.2) is 26.6 Å². The predicted octanol–water partition coefficient (Wildman–Crippen LogP) is -0.0936. The third-order valence-corrected chi connectivity index (χ3v) is 3.12. The molecule has 2 rings (SSSR count). The van der Waals surface area contributed by atoms with Gasteiger partial charge in [0.15, 0.2) is 11.7 Å². The molecule has 0 saturated carbocycles. The van der Waals surface area contributed by atoms with Gasteiger partial charge in [-0.1, -0.05) is 12.1 Å². The SMILES string of the molecule is NN1c2ccccc2N=C(P(=O)(O)O)C1O. The molecular weight excluding hydrogens is 233 g/mol. The molecule has 1 aliphatic rings. The monoisotopic (exact) mass is 243 g/mol. The fourth-order valence-electron chi connectivity index (χ4n) is 1.43. The Morgan fingerprint density at radius 1 is 1.38 bits per heavy atom. The van der Waals surface area contributed by atoms with Crippen LogP contribution < -0.4 is 10.9 Å². The van der Waals surface area contributed by atoms with Gasteiger partial charge in [-0.25, -0.2) is 10.8 Å². The van der Waals surface area contributed by atoms with Crippen LogP contribution in [0.3, 0.4) is 0 Å². The van der Waals surface area contributed by atoms with Gasteiger partial charge in [0.2, 0.25) is 0 Å². The second-order valence-electron chi connectivity index (χ2n) is 3.28. The van der Waals surface area contributed by atoms with Crippen molar-refractivity contribution < 1.29 is 19.5 Å². The van der Waals surface area contributed by atoms with Crippen molar-refractivity contribution in [3.8, 4) is 0 Å². The van der Waals surface area contributed by atoms with Crippen LogP contribution in [0.5, 0.6) is 0 Å². The zero-order valence-electron chi connectivity index (χ0n) is 8.06. The number of hydrazine groups is 1. The van der Waals surface area contributed by atoms with Crippen molar-refractivity contribution in [3.05, 3.63) is 24.3 Å². The van der Waals surface area contributed by atoms with Crippen LogP contribution in [0.4, 0.5) is 11.4 Å². The van der Waals surface area contributed by atoms with Gasteiger partial charge in [0.05, 0.1) is 11.4 Å². The molecule has 0 saturated heterocycles. The maximum Gasteiger partial charge on any atom is 0.375 e. The van der Waals surface area contributed by atoms with Gasteiger partial charge in [0.25, 0.3) is 0 Å². The molecule has 1 unspecified atom stereocenters. The summed E-state index contributed by atoms with van der Waals surface area (Å²) in [6, 6.07) is 6.49. The topological polar surface area (TPSA) is 119 Å². The molecular formula is C8H10N3O4P. The zero-order valence-corrected chi connectivity index (χ0v) is 8.95. The van der Waals surface area contributed by atoms with Gasteiger partial charge >= 0.3 is 7.60 Å². The van der Waals surface area contributed by atoms with Gasteiger partial charge in [-0.3, -0.25) is 9.57 Å². The first-order valence-electron chi connectivity index (χ1n) is 4.37. The van der Waals surface area contributed by atoms with Crippen molar-refractivity contribution in [2.45, 2.75) is 6.23 Å². The fraction of sp³-hybridized carbons (Fsp3) is 0.125. The van der Waals surface area contributed by atoms with E-state index in [0.29, 0.717) is 11.4 Å². The molecule has 1 aliphatic heterocycles. The number of benzene rings is 1. The second-order valence-corrected chi connectivity index (χ2v) is 4.83. The first-order valence-corrected chi connectivity index (χ1v) is 5.98. The van der Waals surface area contributed by atoms with Gasteiger partial charge < -0.3 is 14.9 Å². The normalized spacial score (nSPS) is 20.4. The number of aliphatic imine (C=N–C) groups is 1. The molecule has 0 fully saturated rings. The van der Waals surface area contributed by atoms with Crippen molar-refractivity contribution in [3.63, 3.8) is 0 Å². The van der Waals surface area contributed by atoms with Crippen LogP contribution in [0, 0.1) is 0 Å². The minimum absolute atomic E-state index is 0.314. The highest BCUT2D eigenvalue weighted by Crippen LogP contribution is 2.44. The van der Waals surface area contributed by atoms with Crippen molar-refractivity contribution in [1.29, 1.82) is 0 Å². The number of rotatable bonds is 1. The third kappa shape index (κ3) is 1.75. The lowest BCUT2D eigenvalue weighted by Gasteiger charge is -2.30. The summed E-state index contributed by atoms with van der Waals surface area (Å²) in [6.45, 7) is 0. The van der Waals surface area contributed by atoms with E-state index in [1.807, 2.05) is 0 Å². The average molecular weight is 243 g/mol. The average Bonchev–Trinajstić information content (AvgIpc) is 2.22. The summed E-state index contributed by atoms with van der Waals surface area (Å²) in [5.74, 6) is 5.54. The summed E-state index contributed by atoms with van der Waals surface area (Å²) >= 11 is 0. The summed E-state index contributed by atoms with van der Waals surface area (Å²) in [7, 11) is -4.61. The number of nitrogens with two attached hydrogens (primary N) is 1. The van der Waals surface area contributed by atoms with Gasteiger partial charge in [0, 0.05) is 0 Å². The lowest BCUT2D eigenvalue weighted by Crippen LogP contribution is -2.47. The number of hydrogen-bond acceptors (Lipinski definition) is 5. The molecule has 0 radical (unpaired) electrons. The lowest BCUT2D eigenvalue weighted by molar-refractivity contribution is 0.233. The molecule has 0 amide bonds. The van der Waals surface area contributed by atoms with E-state index in [2.05, 4.69) is 4.99 Å². The second kappa shape index (κ2) is 3.65. The highest BCUT2D eigenvalue weighted by Gasteiger charge is 2.37. The first-order chi connectivity index (χ1) is 7.41. The Morgan fingerprint density at radius 2 is 2.00 bits per heavy atom. The predicted molar refractivity (Wildman–Crippen MR) is 58.3 cm³/mol. The summed E-state index contributed by atoms with van der Waals surface area (Å²) in [5.41, 5.74) is 0.0783. The summed E-state index contributed by atoms with van der Waals surface area (Å²) in [5, 5.41) is 10.5. The molecule has 0 aromatic heterocycles. The van der Waals surface area contributed by atoms with Crippen molar-refractivity contribution in [2.75, 3.05) is 5.01 Å². The minimum Gasteiger partial charge on any atom is -0.367 e. The van der Waals surface area contributed by atoms with Gasteiger partial charge in [0.1, 0.15) is 0 Å². The highest BCUT2D eigenvalue weighted by molar-refractivity contribution is 7.70. The molecule has 0 aliphatic carbocycles. The van der Waals surface area contributed by atoms with E-state index < -0.39 is 19.3 Å². The molecule has 1 heterocycles. The Hall–Kier alpha value is -1.24. The van der Waals surface area contributed by atoms with E-state index in [1.54, 1.807) is 24.3 Å². The summed E-state index contributed by atoms with van der Waals surface area (Å²) < 4.78 is 11.1. The molecule has 86 valence electrons. The maximum atomic E-state index is 11.1. The molecule has 8 heteroatoms. The molecule has 16 heavy (non-hydrogen) atoms. The Labute approximate surface area is 91.0 Å². The fourth-order valence-corrected chi connectivity index (χ4v) is 2.09. The van der Waals surface area contributed by atoms with Crippen LogP contribution in [-0.2, 0) is 4.57 Å². The maximum absolute atomic E-state index is 11.1. The van der Waals surface area contributed by atoms with Crippen molar-refractivity contribution >= 4 is 24.4 Å². The molecule has 0 spiro atoms. The van der Waals surface area contributed by atoms with E-state index in [4.69, 9.17) is 15.6 Å². The van der Waals surface area contributed by atoms with Gasteiger partial charge in [-0.15, -0.1) is 0 Å². The van der Waals surface area contributed by atoms with E-state index in [1.165, 1.54) is 0 Å². The number of fused-ring (bicyclic) bond motifs is 1. The first kappa shape index (κ1) is 11.3. The van der Waals surface area contributed by atoms with E-state index in [0.717, 1.165) is 5.01 Å². The minimum atomic E-state index is -4.61. The summed E-state index contributed by atoms with van der Waals surface area (Å²) in [6.07, 6.45) is -1.62. The quantitative estimate of drug-likeness (QED) is 0.404. The van der Waals surface area contributed by atoms with E-state index >= 15 is 0 Å². The van der Waals surface area contributed by atoms with Gasteiger partial charge in [-0.05, 0) is 12.1 Å². The Bertz CT molecular complexity index is 498. The molecule has 0 bridgehead atoms. The van der Waals surface area contributed by atoms with Crippen molar-refractivity contribution in [1.82, 2.24) is 0 Å². The van der Waals surface area contributed by atoms with Crippen molar-refractivity contribution in [2.24, 2.45) is 10.8 Å². The largest absolute Gasteiger partial charge is 0.375 e. The number of anilines is 1. The van der Waals surface area contributed by atoms with Gasteiger partial charge in [-0.2, -0.15) is 0 Å². The van der Waals surface area contributed by atoms with E-state index in [9.17, 15) is 9.67 Å². The molecule has 1 aromatic carbocycles. The standard InChI is InChI=1S/C8H10N3O4P/c9-11-6-4-2-1-3-5(6)10-7(8(11)12)16(13,14)15/h1-4,8,12H,9H2,(H2,13,14,15). The number of nitrogens with zero attached hydrogens (tertiary/aromatic N) is 2. The Morgan fingerprint density at radius 3 is 2.62 bits per heavy atom. The van der Waals surface area contributed by atoms with Crippen LogP contribution >= 0.6 is 7.60 Å². The molecule has 7 nitrogen and oxygen atoms in total. The molecule has 5 N–H and O–H groups in total. The van der Waals surface area contributed by atoms with Crippen LogP contribution in [0.1, 0.15) is 0 Å². The summed E-state index contributed by atoms with van der Waals surface area (Å²) in [4.78, 5) is 21.7. The Balaban J connectivity index is 2.60. The number of para-hydroxylation sites is 2. The highest BCUT2D eigenvalue weighted by atomic mass is 31.2. The molecule has 1 aromatic rings. The van der Waals surface area contributed by atoms with Crippen LogP contribution in [0.15, 0.2) is 29.3 Å². The smallest absolute Gasteiger partial charge is 0.367 e. The zero-order chi connectivity index (χ0) is 11.9. The van der Waals surface area contributed by atoms with Crippen LogP contribution in [0.2, 0.25) is 0 Å². The van der Waals surface area contributed by atoms with Crippen LogP contribution in [0.25, 0.3) is 0 Å². The Kier molecular flexibility index (Phi) is 2.57. The number of hydrogen-bond donors (Lipinski definition) is 4. The third-order valence-electron chi connectivity index (χ3n) is 2.19. The molecule has 1 atom stereocenters.